The first-order valence-electron chi connectivity index (χ1n) is 10.7. The van der Waals surface area contributed by atoms with Crippen LogP contribution in [0.4, 0.5) is 10.1 Å². The van der Waals surface area contributed by atoms with Crippen LogP contribution in [0.1, 0.15) is 40.2 Å². The number of nitrogens with zero attached hydrogens (tertiary/aromatic N) is 5. The Morgan fingerprint density at radius 2 is 1.77 bits per heavy atom. The van der Waals surface area contributed by atoms with Gasteiger partial charge in [-0.2, -0.15) is 10.2 Å². The molecule has 3 heterocycles. The largest absolute Gasteiger partial charge is 0.322 e. The van der Waals surface area contributed by atoms with Crippen molar-refractivity contribution >= 4 is 11.6 Å². The van der Waals surface area contributed by atoms with E-state index in [2.05, 4.69) is 33.5 Å². The van der Waals surface area contributed by atoms with Crippen molar-refractivity contribution in [1.82, 2.24) is 24.5 Å². The Morgan fingerprint density at radius 1 is 1.10 bits per heavy atom. The van der Waals surface area contributed by atoms with Crippen molar-refractivity contribution in [3.05, 3.63) is 65.0 Å². The molecule has 0 bridgehead atoms. The summed E-state index contributed by atoms with van der Waals surface area (Å²) in [5.41, 5.74) is 4.35. The number of carbonyl (C=O) groups is 1. The Balaban J connectivity index is 1.35. The molecular weight excluding hydrogens is 395 g/mol. The predicted octanol–water partition coefficient (Wildman–Crippen LogP) is 3.31. The summed E-state index contributed by atoms with van der Waals surface area (Å²) in [5, 5.41) is 11.8. The van der Waals surface area contributed by atoms with Crippen molar-refractivity contribution in [2.24, 2.45) is 20.0 Å². The summed E-state index contributed by atoms with van der Waals surface area (Å²) in [5.74, 6) is -0.0391. The number of likely N-dealkylation sites (tertiary alicyclic amines) is 1. The van der Waals surface area contributed by atoms with E-state index in [1.165, 1.54) is 17.7 Å². The van der Waals surface area contributed by atoms with Gasteiger partial charge < -0.3 is 5.32 Å². The van der Waals surface area contributed by atoms with Crippen LogP contribution in [0.3, 0.4) is 0 Å². The number of amides is 1. The lowest BCUT2D eigenvalue weighted by Gasteiger charge is -2.31. The Hall–Kier alpha value is -3.00. The number of hydrogen-bond acceptors (Lipinski definition) is 4. The fraction of sp³-hybridized carbons (Fsp3) is 0.435. The van der Waals surface area contributed by atoms with Crippen molar-refractivity contribution in [3.8, 4) is 0 Å². The summed E-state index contributed by atoms with van der Waals surface area (Å²) in [6.07, 6.45) is 6.80. The molecule has 7 nitrogen and oxygen atoms in total. The Kier molecular flexibility index (Phi) is 6.18. The number of piperidine rings is 1. The summed E-state index contributed by atoms with van der Waals surface area (Å²) in [6, 6.07) is 5.78. The number of rotatable bonds is 6. The van der Waals surface area contributed by atoms with Crippen molar-refractivity contribution in [1.29, 1.82) is 0 Å². The van der Waals surface area contributed by atoms with Gasteiger partial charge in [-0.25, -0.2) is 4.39 Å². The normalized spacial score (nSPS) is 15.4. The molecule has 0 atom stereocenters. The third kappa shape index (κ3) is 5.19. The lowest BCUT2D eigenvalue weighted by atomic mass is 9.91. The second-order valence-electron chi connectivity index (χ2n) is 8.46. The molecule has 1 N–H and O–H groups in total. The van der Waals surface area contributed by atoms with E-state index in [-0.39, 0.29) is 11.7 Å². The van der Waals surface area contributed by atoms with Gasteiger partial charge in [-0.05, 0) is 69.5 Å². The van der Waals surface area contributed by atoms with Crippen molar-refractivity contribution in [3.63, 3.8) is 0 Å². The average Bonchev–Trinajstić information content (AvgIpc) is 3.26. The average molecular weight is 425 g/mol. The van der Waals surface area contributed by atoms with E-state index in [0.29, 0.717) is 17.2 Å². The van der Waals surface area contributed by atoms with Gasteiger partial charge in [-0.1, -0.05) is 0 Å². The molecule has 0 radical (unpaired) electrons. The fourth-order valence-electron chi connectivity index (χ4n) is 4.27. The molecule has 0 unspecified atom stereocenters. The van der Waals surface area contributed by atoms with Crippen LogP contribution in [0, 0.1) is 18.7 Å². The molecule has 2 aromatic heterocycles. The maximum absolute atomic E-state index is 13.1. The Morgan fingerprint density at radius 3 is 2.42 bits per heavy atom. The van der Waals surface area contributed by atoms with E-state index in [0.717, 1.165) is 50.3 Å². The molecule has 8 heteroatoms. The second kappa shape index (κ2) is 9.01. The molecule has 1 aliphatic heterocycles. The van der Waals surface area contributed by atoms with Gasteiger partial charge in [-0.3, -0.25) is 19.1 Å². The minimum atomic E-state index is -0.329. The number of benzene rings is 1. The van der Waals surface area contributed by atoms with Crippen LogP contribution in [0.5, 0.6) is 0 Å². The molecule has 0 saturated carbocycles. The van der Waals surface area contributed by atoms with Crippen molar-refractivity contribution < 1.29 is 9.18 Å². The quantitative estimate of drug-likeness (QED) is 0.659. The van der Waals surface area contributed by atoms with E-state index in [4.69, 9.17) is 0 Å². The zero-order valence-corrected chi connectivity index (χ0v) is 18.3. The van der Waals surface area contributed by atoms with E-state index in [9.17, 15) is 9.18 Å². The molecule has 1 fully saturated rings. The number of aromatic nitrogens is 4. The molecule has 1 aliphatic rings. The number of aryl methyl sites for hydroxylation is 3. The van der Waals surface area contributed by atoms with E-state index < -0.39 is 0 Å². The van der Waals surface area contributed by atoms with Gasteiger partial charge in [0.15, 0.2) is 0 Å². The molecule has 3 aromatic rings. The molecule has 164 valence electrons. The predicted molar refractivity (Wildman–Crippen MR) is 117 cm³/mol. The molecule has 1 saturated heterocycles. The van der Waals surface area contributed by atoms with Crippen molar-refractivity contribution in [2.45, 2.75) is 32.7 Å². The number of anilines is 1. The first-order valence-corrected chi connectivity index (χ1v) is 10.7. The highest BCUT2D eigenvalue weighted by Gasteiger charge is 2.24. The Labute approximate surface area is 181 Å². The highest BCUT2D eigenvalue weighted by molar-refractivity contribution is 6.04. The Bertz CT molecular complexity index is 1050. The third-order valence-corrected chi connectivity index (χ3v) is 5.95. The standard InChI is InChI=1S/C23H29FN6O/c1-16-18(13-28(2)26-16)14-30-10-8-17(9-11-30)12-22-21(15-29(3)27-22)23(31)25-20-6-4-19(24)5-7-20/h4-7,13,15,17H,8-12,14H2,1-3H3,(H,25,31). The maximum Gasteiger partial charge on any atom is 0.259 e. The minimum absolute atomic E-state index is 0.209. The van der Waals surface area contributed by atoms with Crippen LogP contribution in [-0.2, 0) is 27.1 Å². The highest BCUT2D eigenvalue weighted by Crippen LogP contribution is 2.24. The summed E-state index contributed by atoms with van der Waals surface area (Å²) in [7, 11) is 3.79. The monoisotopic (exact) mass is 424 g/mol. The summed E-state index contributed by atoms with van der Waals surface area (Å²) < 4.78 is 16.7. The smallest absolute Gasteiger partial charge is 0.259 e. The molecule has 0 spiro atoms. The zero-order valence-electron chi connectivity index (χ0n) is 18.3. The van der Waals surface area contributed by atoms with E-state index >= 15 is 0 Å². The van der Waals surface area contributed by atoms with Crippen LogP contribution in [-0.4, -0.2) is 43.5 Å². The van der Waals surface area contributed by atoms with Crippen molar-refractivity contribution in [2.75, 3.05) is 18.4 Å². The van der Waals surface area contributed by atoms with Crippen LogP contribution in [0.2, 0.25) is 0 Å². The molecule has 0 aliphatic carbocycles. The lowest BCUT2D eigenvalue weighted by Crippen LogP contribution is -2.34. The molecular formula is C23H29FN6O. The van der Waals surface area contributed by atoms with Crippen LogP contribution >= 0.6 is 0 Å². The first kappa shape index (κ1) is 21.2. The SMILES string of the molecule is Cc1nn(C)cc1CN1CCC(Cc2nn(C)cc2C(=O)Nc2ccc(F)cc2)CC1. The summed E-state index contributed by atoms with van der Waals surface area (Å²) in [6.45, 7) is 5.05. The second-order valence-corrected chi connectivity index (χ2v) is 8.46. The van der Waals surface area contributed by atoms with E-state index in [1.807, 2.05) is 18.8 Å². The molecule has 4 rings (SSSR count). The van der Waals surface area contributed by atoms with Crippen LogP contribution in [0.25, 0.3) is 0 Å². The van der Waals surface area contributed by atoms with Gasteiger partial charge in [0, 0.05) is 44.3 Å². The summed E-state index contributed by atoms with van der Waals surface area (Å²) >= 11 is 0. The maximum atomic E-state index is 13.1. The van der Waals surface area contributed by atoms with Gasteiger partial charge in [0.05, 0.1) is 17.0 Å². The number of halogens is 1. The number of nitrogens with one attached hydrogen (secondary N) is 1. The van der Waals surface area contributed by atoms with Gasteiger partial charge in [0.25, 0.3) is 5.91 Å². The molecule has 1 amide bonds. The van der Waals surface area contributed by atoms with Gasteiger partial charge in [0.1, 0.15) is 5.82 Å². The first-order chi connectivity index (χ1) is 14.9. The lowest BCUT2D eigenvalue weighted by molar-refractivity contribution is 0.102. The van der Waals surface area contributed by atoms with Gasteiger partial charge >= 0.3 is 0 Å². The molecule has 31 heavy (non-hydrogen) atoms. The number of hydrogen-bond donors (Lipinski definition) is 1. The number of carbonyl (C=O) groups excluding carboxylic acids is 1. The summed E-state index contributed by atoms with van der Waals surface area (Å²) in [4.78, 5) is 15.3. The zero-order chi connectivity index (χ0) is 22.0. The fourth-order valence-corrected chi connectivity index (χ4v) is 4.27. The highest BCUT2D eigenvalue weighted by atomic mass is 19.1. The van der Waals surface area contributed by atoms with Gasteiger partial charge in [-0.15, -0.1) is 0 Å². The van der Waals surface area contributed by atoms with E-state index in [1.54, 1.807) is 23.0 Å². The van der Waals surface area contributed by atoms with Gasteiger partial charge in [0.2, 0.25) is 0 Å². The van der Waals surface area contributed by atoms with Crippen LogP contribution in [0.15, 0.2) is 36.7 Å². The molecule has 1 aromatic carbocycles. The topological polar surface area (TPSA) is 68.0 Å². The third-order valence-electron chi connectivity index (χ3n) is 5.95. The minimum Gasteiger partial charge on any atom is -0.322 e. The van der Waals surface area contributed by atoms with Crippen LogP contribution < -0.4 is 5.32 Å².